The largest absolute Gasteiger partial charge is 0.302 e. The first-order valence-electron chi connectivity index (χ1n) is 3.55. The molecule has 0 amide bonds. The second-order valence-electron chi connectivity index (χ2n) is 3.61. The van der Waals surface area contributed by atoms with Crippen molar-refractivity contribution < 1.29 is 9.28 Å². The maximum absolute atomic E-state index is 10.8. The van der Waals surface area contributed by atoms with Crippen LogP contribution in [0.5, 0.6) is 0 Å². The summed E-state index contributed by atoms with van der Waals surface area (Å²) in [4.78, 5) is 10.8. The smallest absolute Gasteiger partial charge is 0.161 e. The molecule has 0 aromatic carbocycles. The lowest BCUT2D eigenvalue weighted by molar-refractivity contribution is -0.832. The summed E-state index contributed by atoms with van der Waals surface area (Å²) >= 11 is 0. The maximum Gasteiger partial charge on any atom is 0.161 e. The fourth-order valence-corrected chi connectivity index (χ4v) is 1.11. The van der Waals surface area contributed by atoms with Crippen molar-refractivity contribution in [3.63, 3.8) is 0 Å². The van der Waals surface area contributed by atoms with Gasteiger partial charge in [-0.3, -0.25) is 4.79 Å². The SMILES string of the molecule is C[N+](C)(C)C1=CC(=O)CC1. The summed E-state index contributed by atoms with van der Waals surface area (Å²) in [6, 6.07) is 0. The number of allylic oxidation sites excluding steroid dienone is 2. The van der Waals surface area contributed by atoms with Crippen LogP contribution in [0, 0.1) is 0 Å². The van der Waals surface area contributed by atoms with Crippen molar-refractivity contribution in [2.45, 2.75) is 12.8 Å². The van der Waals surface area contributed by atoms with Crippen molar-refractivity contribution in [1.82, 2.24) is 0 Å². The van der Waals surface area contributed by atoms with E-state index in [1.807, 2.05) is 0 Å². The molecule has 0 spiro atoms. The van der Waals surface area contributed by atoms with E-state index in [9.17, 15) is 4.79 Å². The van der Waals surface area contributed by atoms with Crippen molar-refractivity contribution >= 4 is 5.78 Å². The summed E-state index contributed by atoms with van der Waals surface area (Å²) in [7, 11) is 6.26. The van der Waals surface area contributed by atoms with Crippen LogP contribution in [0.1, 0.15) is 12.8 Å². The van der Waals surface area contributed by atoms with Gasteiger partial charge in [0.1, 0.15) is 5.70 Å². The molecule has 0 radical (unpaired) electrons. The Morgan fingerprint density at radius 1 is 1.30 bits per heavy atom. The Kier molecular flexibility index (Phi) is 1.65. The number of nitrogens with zero attached hydrogens (tertiary/aromatic N) is 1. The average molecular weight is 140 g/mol. The fourth-order valence-electron chi connectivity index (χ4n) is 1.11. The van der Waals surface area contributed by atoms with Crippen molar-refractivity contribution in [1.29, 1.82) is 0 Å². The van der Waals surface area contributed by atoms with Crippen LogP contribution in [0.4, 0.5) is 0 Å². The molecule has 56 valence electrons. The molecule has 0 heterocycles. The Bertz CT molecular complexity index is 186. The van der Waals surface area contributed by atoms with Gasteiger partial charge in [0.15, 0.2) is 5.78 Å². The summed E-state index contributed by atoms with van der Waals surface area (Å²) in [6.45, 7) is 0. The van der Waals surface area contributed by atoms with Crippen LogP contribution in [0.2, 0.25) is 0 Å². The zero-order valence-electron chi connectivity index (χ0n) is 6.85. The van der Waals surface area contributed by atoms with Crippen molar-refractivity contribution in [3.8, 4) is 0 Å². The standard InChI is InChI=1S/C8H14NO/c1-9(2,3)7-4-5-8(10)6-7/h6H,4-5H2,1-3H3/q+1. The lowest BCUT2D eigenvalue weighted by atomic mass is 10.3. The highest BCUT2D eigenvalue weighted by Gasteiger charge is 2.23. The minimum Gasteiger partial charge on any atom is -0.302 e. The van der Waals surface area contributed by atoms with E-state index in [0.717, 1.165) is 10.9 Å². The Labute approximate surface area is 61.7 Å². The van der Waals surface area contributed by atoms with Gasteiger partial charge in [-0.15, -0.1) is 0 Å². The number of hydrogen-bond acceptors (Lipinski definition) is 1. The summed E-state index contributed by atoms with van der Waals surface area (Å²) in [5, 5.41) is 0. The van der Waals surface area contributed by atoms with Gasteiger partial charge >= 0.3 is 0 Å². The molecule has 10 heavy (non-hydrogen) atoms. The van der Waals surface area contributed by atoms with Gasteiger partial charge < -0.3 is 4.48 Å². The van der Waals surface area contributed by atoms with Crippen molar-refractivity contribution in [2.75, 3.05) is 21.1 Å². The van der Waals surface area contributed by atoms with Gasteiger partial charge in [-0.2, -0.15) is 0 Å². The van der Waals surface area contributed by atoms with Gasteiger partial charge in [0, 0.05) is 18.9 Å². The zero-order valence-corrected chi connectivity index (χ0v) is 6.85. The van der Waals surface area contributed by atoms with Crippen LogP contribution < -0.4 is 0 Å². The van der Waals surface area contributed by atoms with E-state index >= 15 is 0 Å². The molecule has 0 aromatic heterocycles. The van der Waals surface area contributed by atoms with Crippen LogP contribution in [0.25, 0.3) is 0 Å². The van der Waals surface area contributed by atoms with Crippen molar-refractivity contribution in [2.24, 2.45) is 0 Å². The van der Waals surface area contributed by atoms with E-state index in [1.54, 1.807) is 6.08 Å². The number of carbonyl (C=O) groups excluding carboxylic acids is 1. The predicted molar refractivity (Wildman–Crippen MR) is 40.4 cm³/mol. The molecule has 0 fully saturated rings. The highest BCUT2D eigenvalue weighted by Crippen LogP contribution is 2.20. The Morgan fingerprint density at radius 2 is 1.90 bits per heavy atom. The third-order valence-corrected chi connectivity index (χ3v) is 1.82. The van der Waals surface area contributed by atoms with Crippen LogP contribution in [-0.2, 0) is 4.79 Å². The molecule has 0 saturated heterocycles. The van der Waals surface area contributed by atoms with Gasteiger partial charge in [-0.05, 0) is 0 Å². The molecule has 1 aliphatic carbocycles. The molecule has 0 bridgehead atoms. The molecule has 2 nitrogen and oxygen atoms in total. The van der Waals surface area contributed by atoms with E-state index in [1.165, 1.54) is 5.70 Å². The van der Waals surface area contributed by atoms with Crippen LogP contribution in [-0.4, -0.2) is 31.4 Å². The van der Waals surface area contributed by atoms with Crippen LogP contribution >= 0.6 is 0 Å². The van der Waals surface area contributed by atoms with E-state index in [4.69, 9.17) is 0 Å². The molecule has 2 heteroatoms. The van der Waals surface area contributed by atoms with E-state index in [-0.39, 0.29) is 5.78 Å². The van der Waals surface area contributed by atoms with Gasteiger partial charge in [0.25, 0.3) is 0 Å². The molecule has 0 saturated carbocycles. The monoisotopic (exact) mass is 140 g/mol. The molecule has 0 aromatic rings. The lowest BCUT2D eigenvalue weighted by Crippen LogP contribution is -2.32. The lowest BCUT2D eigenvalue weighted by Gasteiger charge is -2.23. The third kappa shape index (κ3) is 1.45. The van der Waals surface area contributed by atoms with Gasteiger partial charge in [-0.1, -0.05) is 0 Å². The zero-order chi connectivity index (χ0) is 7.78. The molecule has 0 aliphatic heterocycles. The summed E-state index contributed by atoms with van der Waals surface area (Å²) in [5.74, 6) is 0.281. The number of ketones is 1. The Balaban J connectivity index is 2.76. The second kappa shape index (κ2) is 2.20. The van der Waals surface area contributed by atoms with Gasteiger partial charge in [-0.25, -0.2) is 0 Å². The van der Waals surface area contributed by atoms with Crippen molar-refractivity contribution in [3.05, 3.63) is 11.8 Å². The summed E-state index contributed by atoms with van der Waals surface area (Å²) < 4.78 is 0.797. The first-order chi connectivity index (χ1) is 4.50. The first kappa shape index (κ1) is 7.48. The molecular weight excluding hydrogens is 126 g/mol. The average Bonchev–Trinajstić information content (AvgIpc) is 2.11. The normalized spacial score (nSPS) is 19.5. The molecule has 0 unspecified atom stereocenters. The van der Waals surface area contributed by atoms with E-state index in [0.29, 0.717) is 6.42 Å². The minimum atomic E-state index is 0.281. The van der Waals surface area contributed by atoms with Crippen LogP contribution in [0.3, 0.4) is 0 Å². The number of rotatable bonds is 1. The van der Waals surface area contributed by atoms with Gasteiger partial charge in [0.2, 0.25) is 0 Å². The molecular formula is C8H14NO+. The van der Waals surface area contributed by atoms with Crippen LogP contribution in [0.15, 0.2) is 11.8 Å². The molecule has 0 atom stereocenters. The van der Waals surface area contributed by atoms with E-state index < -0.39 is 0 Å². The first-order valence-corrected chi connectivity index (χ1v) is 3.55. The third-order valence-electron chi connectivity index (χ3n) is 1.82. The second-order valence-corrected chi connectivity index (χ2v) is 3.61. The number of hydrogen-bond donors (Lipinski definition) is 0. The molecule has 0 N–H and O–H groups in total. The Morgan fingerprint density at radius 3 is 2.10 bits per heavy atom. The quantitative estimate of drug-likeness (QED) is 0.495. The minimum absolute atomic E-state index is 0.281. The highest BCUT2D eigenvalue weighted by atomic mass is 16.1. The maximum atomic E-state index is 10.8. The number of quaternary nitrogens is 1. The van der Waals surface area contributed by atoms with E-state index in [2.05, 4.69) is 21.1 Å². The van der Waals surface area contributed by atoms with Gasteiger partial charge in [0.05, 0.1) is 21.1 Å². The fraction of sp³-hybridized carbons (Fsp3) is 0.625. The topological polar surface area (TPSA) is 17.1 Å². The predicted octanol–water partition coefficient (Wildman–Crippen LogP) is 0.939. The molecule has 1 rings (SSSR count). The molecule has 1 aliphatic rings. The Hall–Kier alpha value is -0.630. The summed E-state index contributed by atoms with van der Waals surface area (Å²) in [6.07, 6.45) is 3.44. The highest BCUT2D eigenvalue weighted by molar-refractivity contribution is 5.92. The summed E-state index contributed by atoms with van der Waals surface area (Å²) in [5.41, 5.74) is 1.24. The number of carbonyl (C=O) groups is 1.